The van der Waals surface area contributed by atoms with Crippen LogP contribution >= 0.6 is 0 Å². The molecule has 11 N–H and O–H groups in total. The van der Waals surface area contributed by atoms with Gasteiger partial charge in [-0.3, -0.25) is 38.4 Å². The molecule has 0 fully saturated rings. The van der Waals surface area contributed by atoms with Crippen LogP contribution in [0, 0.1) is 30.5 Å². The zero-order chi connectivity index (χ0) is 72.3. The van der Waals surface area contributed by atoms with Crippen LogP contribution in [0.4, 0.5) is 19.7 Å². The minimum atomic E-state index is -1.99. The molecule has 3 aliphatic rings. The van der Waals surface area contributed by atoms with Crippen LogP contribution in [0.3, 0.4) is 0 Å². The molecule has 4 aromatic rings. The highest BCUT2D eigenvalue weighted by atomic mass is 19.1. The van der Waals surface area contributed by atoms with Crippen molar-refractivity contribution in [3.63, 3.8) is 0 Å². The third-order valence-electron chi connectivity index (χ3n) is 17.3. The number of pyridine rings is 2. The molecular weight excluding hydrogens is 1290 g/mol. The number of nitrogens with two attached hydrogens (primary N) is 2. The van der Waals surface area contributed by atoms with Crippen molar-refractivity contribution in [2.24, 2.45) is 29.2 Å². The number of carbonyl (C=O) groups is 10. The van der Waals surface area contributed by atoms with Crippen molar-refractivity contribution in [1.82, 2.24) is 30.8 Å². The Labute approximate surface area is 573 Å². The Bertz CT molecular complexity index is 3590. The Morgan fingerprint density at radius 3 is 2.08 bits per heavy atom. The number of anilines is 1. The number of aromatic nitrogens is 2. The summed E-state index contributed by atoms with van der Waals surface area (Å²) in [5.74, 6) is -6.92. The van der Waals surface area contributed by atoms with Crippen molar-refractivity contribution in [2.75, 3.05) is 98.1 Å². The maximum Gasteiger partial charge on any atom is 0.407 e. The van der Waals surface area contributed by atoms with Crippen molar-refractivity contribution in [3.8, 4) is 11.4 Å². The first kappa shape index (κ1) is 79.3. The first-order valence-corrected chi connectivity index (χ1v) is 33.4. The third kappa shape index (κ3) is 22.7. The number of ether oxygens (including phenoxy) is 7. The number of hydrogen-bond acceptors (Lipinski definition) is 21. The Balaban J connectivity index is 0.000000314. The Kier molecular flexibility index (Phi) is 31.4. The maximum absolute atomic E-state index is 15.1. The number of Topliss-reactive ketones (excluding diaryl/α,β-unsaturated/α-hetero) is 3. The molecule has 0 saturated carbocycles. The number of ketones is 3. The lowest BCUT2D eigenvalue weighted by atomic mass is 9.81. The normalized spacial score (nSPS) is 15.8. The van der Waals surface area contributed by atoms with Gasteiger partial charge in [-0.2, -0.15) is 0 Å². The molecule has 0 bridgehead atoms. The summed E-state index contributed by atoms with van der Waals surface area (Å²) in [6.45, 7) is 11.6. The smallest absolute Gasteiger partial charge is 0.407 e. The van der Waals surface area contributed by atoms with Gasteiger partial charge in [0.15, 0.2) is 17.2 Å². The SMILES string of the molecule is CC[C@@]1(O)C(=O)OCc2c1cc1n(c2=O)Cc2c-1nc1cc(F)c(C)c3c1c2[C@@H](NC(=O)COCCC(=O)CNC(=O)OC)CC3.CCc1ccc(NC(=O)[C@H](CCCNC(N)=O)CC(=O)[C@@H](NC(=O)[C@@H](CCC(=O)O)CC(=O)CCOCCOCCOCCOCCN)C(C)C)cc1. The van der Waals surface area contributed by atoms with Crippen molar-refractivity contribution in [3.05, 3.63) is 91.5 Å². The molecule has 2 aliphatic heterocycles. The second kappa shape index (κ2) is 39.2. The lowest BCUT2D eigenvalue weighted by molar-refractivity contribution is -0.172. The van der Waals surface area contributed by atoms with Gasteiger partial charge in [0.25, 0.3) is 5.56 Å². The molecule has 6 amide bonds. The number of carboxylic acid groups (broad SMARTS) is 1. The fourth-order valence-corrected chi connectivity index (χ4v) is 11.9. The number of nitrogens with zero attached hydrogens (tertiary/aromatic N) is 2. The average Bonchev–Trinajstić information content (AvgIpc) is 1.61. The van der Waals surface area contributed by atoms with Gasteiger partial charge in [0.05, 0.1) is 114 Å². The van der Waals surface area contributed by atoms with E-state index in [0.717, 1.165) is 23.1 Å². The molecular formula is C69H94FN9O20. The number of aliphatic carboxylic acids is 1. The van der Waals surface area contributed by atoms with Crippen molar-refractivity contribution >= 4 is 75.7 Å². The molecule has 2 aromatic carbocycles. The summed E-state index contributed by atoms with van der Waals surface area (Å²) in [5, 5.41) is 34.6. The molecule has 29 nitrogen and oxygen atoms in total. The number of hydrogen-bond donors (Lipinski definition) is 9. The average molecular weight is 1390 g/mol. The van der Waals surface area contributed by atoms with Gasteiger partial charge in [0, 0.05) is 85.3 Å². The topological polar surface area (TPSA) is 423 Å². The van der Waals surface area contributed by atoms with Crippen molar-refractivity contribution in [1.29, 1.82) is 0 Å². The van der Waals surface area contributed by atoms with Gasteiger partial charge in [-0.15, -0.1) is 0 Å². The molecule has 0 spiro atoms. The van der Waals surface area contributed by atoms with Crippen LogP contribution in [-0.4, -0.2) is 178 Å². The zero-order valence-electron chi connectivity index (χ0n) is 57.1. The quantitative estimate of drug-likeness (QED) is 0.0196. The third-order valence-corrected chi connectivity index (χ3v) is 17.3. The van der Waals surface area contributed by atoms with Gasteiger partial charge in [0.2, 0.25) is 17.7 Å². The second-order valence-corrected chi connectivity index (χ2v) is 24.6. The second-order valence-electron chi connectivity index (χ2n) is 24.6. The summed E-state index contributed by atoms with van der Waals surface area (Å²) >= 11 is 0. The first-order valence-electron chi connectivity index (χ1n) is 33.4. The van der Waals surface area contributed by atoms with Gasteiger partial charge in [-0.25, -0.2) is 23.8 Å². The van der Waals surface area contributed by atoms with Crippen LogP contribution in [0.15, 0.2) is 41.2 Å². The molecule has 7 rings (SSSR count). The molecule has 542 valence electrons. The highest BCUT2D eigenvalue weighted by Gasteiger charge is 2.46. The van der Waals surface area contributed by atoms with Gasteiger partial charge >= 0.3 is 24.1 Å². The molecule has 4 heterocycles. The monoisotopic (exact) mass is 1390 g/mol. The summed E-state index contributed by atoms with van der Waals surface area (Å²) in [6, 6.07) is 8.08. The number of primary amides is 1. The number of benzene rings is 2. The van der Waals surface area contributed by atoms with Gasteiger partial charge in [0.1, 0.15) is 24.8 Å². The number of fused-ring (bicyclic) bond motifs is 5. The maximum atomic E-state index is 15.1. The number of aryl methyl sites for hydroxylation is 2. The van der Waals surface area contributed by atoms with Crippen molar-refractivity contribution in [2.45, 2.75) is 143 Å². The predicted octanol–water partition coefficient (Wildman–Crippen LogP) is 4.17. The number of methoxy groups -OCH3 is 1. The van der Waals surface area contributed by atoms with E-state index in [4.69, 9.17) is 44.9 Å². The van der Waals surface area contributed by atoms with Crippen LogP contribution in [-0.2, 0) is 103 Å². The van der Waals surface area contributed by atoms with E-state index in [0.29, 0.717) is 105 Å². The summed E-state index contributed by atoms with van der Waals surface area (Å²) in [7, 11) is 1.19. The van der Waals surface area contributed by atoms with Crippen LogP contribution in [0.5, 0.6) is 0 Å². The van der Waals surface area contributed by atoms with Gasteiger partial charge in [-0.1, -0.05) is 39.8 Å². The fraction of sp³-hybridized carbons (Fsp3) is 0.565. The number of nitrogens with one attached hydrogen (secondary N) is 5. The number of aliphatic hydroxyl groups is 1. The van der Waals surface area contributed by atoms with E-state index in [1.807, 2.05) is 19.1 Å². The molecule has 0 unspecified atom stereocenters. The standard InChI is InChI=1S/C37H61N5O11.C32H33FN4O9/c1-4-27-7-10-30(11-8-27)41-35(47)28(6-5-15-40-37(39)49)25-32(44)34(26(2)3)42-36(48)29(9-12-33(45)46)24-31(43)13-16-50-18-20-52-22-23-53-21-19-51-17-14-38;1-4-32(43)20-9-24-28-18(12-37(24)29(40)19(20)13-46-30(32)41)27-22(6-5-17-15(2)21(33)10-23(36-28)26(17)27)35-25(39)14-45-8-7-16(38)11-34-31(42)44-3/h7-8,10-11,26,28-29,34H,4-6,9,12-25,38H2,1-3H3,(H,41,47)(H,42,48)(H,45,46)(H3,39,40,49);9-10,22,43H,4-8,11-14H2,1-3H3,(H,34,42)(H,35,39)/t28-,29+,34+;22-,32-/m10/s1. The molecule has 2 aromatic heterocycles. The molecule has 0 saturated heterocycles. The molecule has 99 heavy (non-hydrogen) atoms. The first-order chi connectivity index (χ1) is 47.3. The van der Waals surface area contributed by atoms with E-state index in [1.165, 1.54) is 17.7 Å². The summed E-state index contributed by atoms with van der Waals surface area (Å²) < 4.78 is 53.1. The van der Waals surface area contributed by atoms with E-state index in [2.05, 4.69) is 31.3 Å². The van der Waals surface area contributed by atoms with E-state index < -0.39 is 76.8 Å². The molecule has 0 radical (unpaired) electrons. The fourth-order valence-electron chi connectivity index (χ4n) is 11.9. The Hall–Kier alpha value is -8.65. The van der Waals surface area contributed by atoms with Gasteiger partial charge in [-0.05, 0) is 98.2 Å². The van der Waals surface area contributed by atoms with Crippen molar-refractivity contribution < 1.29 is 95.7 Å². The molecule has 5 atom stereocenters. The highest BCUT2D eigenvalue weighted by Crippen LogP contribution is 2.46. The number of cyclic esters (lactones) is 1. The van der Waals surface area contributed by atoms with Crippen LogP contribution in [0.1, 0.15) is 137 Å². The highest BCUT2D eigenvalue weighted by molar-refractivity contribution is 5.98. The number of urea groups is 1. The molecule has 1 aliphatic carbocycles. The molecule has 30 heteroatoms. The minimum Gasteiger partial charge on any atom is -0.481 e. The number of esters is 1. The van der Waals surface area contributed by atoms with Crippen LogP contribution in [0.25, 0.3) is 22.3 Å². The number of carboxylic acids is 1. The van der Waals surface area contributed by atoms with Gasteiger partial charge < -0.3 is 86.0 Å². The number of carbonyl (C=O) groups excluding carboxylic acids is 9. The predicted molar refractivity (Wildman–Crippen MR) is 357 cm³/mol. The lowest BCUT2D eigenvalue weighted by Crippen LogP contribution is -2.48. The zero-order valence-corrected chi connectivity index (χ0v) is 57.1. The van der Waals surface area contributed by atoms with E-state index >= 15 is 4.39 Å². The van der Waals surface area contributed by atoms with E-state index in [-0.39, 0.29) is 144 Å². The summed E-state index contributed by atoms with van der Waals surface area (Å²) in [4.78, 5) is 143. The summed E-state index contributed by atoms with van der Waals surface area (Å²) in [6.07, 6.45) is 0.794. The number of rotatable bonds is 41. The number of halogens is 1. The van der Waals surface area contributed by atoms with Crippen LogP contribution < -0.4 is 43.6 Å². The Morgan fingerprint density at radius 1 is 0.808 bits per heavy atom. The lowest BCUT2D eigenvalue weighted by Gasteiger charge is -2.31. The minimum absolute atomic E-state index is 0.00640. The van der Waals surface area contributed by atoms with E-state index in [9.17, 15) is 63.0 Å². The Morgan fingerprint density at radius 2 is 1.45 bits per heavy atom. The largest absolute Gasteiger partial charge is 0.481 e. The summed E-state index contributed by atoms with van der Waals surface area (Å²) in [5.41, 5.74) is 13.9. The van der Waals surface area contributed by atoms with E-state index in [1.54, 1.807) is 45.9 Å². The van der Waals surface area contributed by atoms with Crippen LogP contribution in [0.2, 0.25) is 0 Å². The number of amides is 6. The number of alkyl carbamates (subject to hydrolysis) is 1.